The maximum absolute atomic E-state index is 12.5. The predicted octanol–water partition coefficient (Wildman–Crippen LogP) is 3.99. The van der Waals surface area contributed by atoms with Crippen molar-refractivity contribution >= 4 is 45.8 Å². The van der Waals surface area contributed by atoms with E-state index in [4.69, 9.17) is 11.6 Å². The van der Waals surface area contributed by atoms with Gasteiger partial charge in [-0.3, -0.25) is 4.79 Å². The molecule has 0 spiro atoms. The summed E-state index contributed by atoms with van der Waals surface area (Å²) in [6, 6.07) is 5.34. The molecule has 1 aromatic rings. The summed E-state index contributed by atoms with van der Waals surface area (Å²) >= 11 is 9.41. The van der Waals surface area contributed by atoms with Crippen LogP contribution in [0.1, 0.15) is 30.1 Å². The maximum Gasteiger partial charge on any atom is 0.255 e. The molecule has 118 valence electrons. The molecule has 3 nitrogen and oxygen atoms in total. The Morgan fingerprint density at radius 1 is 1.43 bits per heavy atom. The zero-order valence-electron chi connectivity index (χ0n) is 12.1. The van der Waals surface area contributed by atoms with E-state index in [0.29, 0.717) is 16.5 Å². The van der Waals surface area contributed by atoms with E-state index in [1.807, 2.05) is 11.0 Å². The number of carbonyl (C=O) groups is 1. The van der Waals surface area contributed by atoms with Crippen molar-refractivity contribution in [1.82, 2.24) is 10.2 Å². The van der Waals surface area contributed by atoms with Gasteiger partial charge in [0, 0.05) is 22.6 Å². The van der Waals surface area contributed by atoms with Gasteiger partial charge < -0.3 is 10.2 Å². The molecule has 1 aliphatic rings. The predicted molar refractivity (Wildman–Crippen MR) is 93.6 cm³/mol. The van der Waals surface area contributed by atoms with E-state index in [2.05, 4.69) is 28.2 Å². The van der Waals surface area contributed by atoms with Crippen LogP contribution >= 0.6 is 39.9 Å². The normalized spacial score (nSPS) is 15.7. The second-order valence-corrected chi connectivity index (χ2v) is 6.46. The smallest absolute Gasteiger partial charge is 0.255 e. The molecule has 0 radical (unpaired) electrons. The Kier molecular flexibility index (Phi) is 8.03. The first-order valence-corrected chi connectivity index (χ1v) is 8.24. The summed E-state index contributed by atoms with van der Waals surface area (Å²) < 4.78 is 0.807. The SMILES string of the molecule is CCNCC1CCN(C(=O)c2cc(Cl)ccc2Br)CC1.Cl. The van der Waals surface area contributed by atoms with Crippen LogP contribution in [0.4, 0.5) is 0 Å². The number of piperidine rings is 1. The van der Waals surface area contributed by atoms with Crippen molar-refractivity contribution in [2.75, 3.05) is 26.2 Å². The first kappa shape index (κ1) is 18.8. The topological polar surface area (TPSA) is 32.3 Å². The maximum atomic E-state index is 12.5. The van der Waals surface area contributed by atoms with Crippen LogP contribution in [-0.2, 0) is 0 Å². The minimum absolute atomic E-state index is 0. The highest BCUT2D eigenvalue weighted by Crippen LogP contribution is 2.25. The van der Waals surface area contributed by atoms with Gasteiger partial charge in [0.25, 0.3) is 5.91 Å². The number of hydrogen-bond donors (Lipinski definition) is 1. The number of rotatable bonds is 4. The summed E-state index contributed by atoms with van der Waals surface area (Å²) in [5, 5.41) is 3.98. The quantitative estimate of drug-likeness (QED) is 0.835. The first-order valence-electron chi connectivity index (χ1n) is 7.07. The van der Waals surface area contributed by atoms with Gasteiger partial charge in [0.15, 0.2) is 0 Å². The van der Waals surface area contributed by atoms with Crippen LogP contribution in [0.25, 0.3) is 0 Å². The molecule has 0 aliphatic carbocycles. The zero-order valence-corrected chi connectivity index (χ0v) is 15.2. The molecule has 1 saturated heterocycles. The number of nitrogens with zero attached hydrogens (tertiary/aromatic N) is 1. The highest BCUT2D eigenvalue weighted by atomic mass is 79.9. The molecule has 1 fully saturated rings. The second-order valence-electron chi connectivity index (χ2n) is 5.17. The minimum atomic E-state index is 0. The van der Waals surface area contributed by atoms with Crippen LogP contribution in [-0.4, -0.2) is 37.0 Å². The Bertz CT molecular complexity index is 477. The van der Waals surface area contributed by atoms with Gasteiger partial charge in [0.2, 0.25) is 0 Å². The Labute approximate surface area is 146 Å². The van der Waals surface area contributed by atoms with Crippen LogP contribution in [0, 0.1) is 5.92 Å². The summed E-state index contributed by atoms with van der Waals surface area (Å²) in [7, 11) is 0. The molecule has 0 bridgehead atoms. The number of benzene rings is 1. The van der Waals surface area contributed by atoms with E-state index in [1.54, 1.807) is 12.1 Å². The third kappa shape index (κ3) is 5.13. The molecule has 1 heterocycles. The fourth-order valence-corrected chi connectivity index (χ4v) is 3.11. The van der Waals surface area contributed by atoms with Gasteiger partial charge in [-0.2, -0.15) is 0 Å². The van der Waals surface area contributed by atoms with Crippen molar-refractivity contribution in [3.8, 4) is 0 Å². The summed E-state index contributed by atoms with van der Waals surface area (Å²) in [6.45, 7) is 5.84. The Morgan fingerprint density at radius 2 is 2.10 bits per heavy atom. The first-order chi connectivity index (χ1) is 9.61. The lowest BCUT2D eigenvalue weighted by molar-refractivity contribution is 0.0689. The Balaban J connectivity index is 0.00000220. The van der Waals surface area contributed by atoms with Gasteiger partial charge in [0.05, 0.1) is 5.56 Å². The fourth-order valence-electron chi connectivity index (χ4n) is 2.52. The average Bonchev–Trinajstić information content (AvgIpc) is 2.47. The molecule has 0 aromatic heterocycles. The largest absolute Gasteiger partial charge is 0.339 e. The minimum Gasteiger partial charge on any atom is -0.339 e. The van der Waals surface area contributed by atoms with Crippen LogP contribution in [0.5, 0.6) is 0 Å². The Morgan fingerprint density at radius 3 is 2.71 bits per heavy atom. The highest BCUT2D eigenvalue weighted by Gasteiger charge is 2.24. The van der Waals surface area contributed by atoms with E-state index in [0.717, 1.165) is 43.5 Å². The average molecular weight is 396 g/mol. The molecule has 1 aromatic carbocycles. The van der Waals surface area contributed by atoms with Crippen LogP contribution in [0.3, 0.4) is 0 Å². The molecule has 21 heavy (non-hydrogen) atoms. The molecule has 0 atom stereocenters. The van der Waals surface area contributed by atoms with E-state index in [-0.39, 0.29) is 18.3 Å². The number of hydrogen-bond acceptors (Lipinski definition) is 2. The molecule has 6 heteroatoms. The molecule has 0 unspecified atom stereocenters. The van der Waals surface area contributed by atoms with E-state index < -0.39 is 0 Å². The van der Waals surface area contributed by atoms with Crippen LogP contribution < -0.4 is 5.32 Å². The van der Waals surface area contributed by atoms with Crippen molar-refractivity contribution < 1.29 is 4.79 Å². The lowest BCUT2D eigenvalue weighted by atomic mass is 9.96. The van der Waals surface area contributed by atoms with Gasteiger partial charge in [-0.15, -0.1) is 12.4 Å². The van der Waals surface area contributed by atoms with E-state index in [9.17, 15) is 4.79 Å². The van der Waals surface area contributed by atoms with Gasteiger partial charge >= 0.3 is 0 Å². The van der Waals surface area contributed by atoms with Gasteiger partial charge in [-0.25, -0.2) is 0 Å². The second kappa shape index (κ2) is 8.99. The summed E-state index contributed by atoms with van der Waals surface area (Å²) in [5.74, 6) is 0.753. The fraction of sp³-hybridized carbons (Fsp3) is 0.533. The van der Waals surface area contributed by atoms with Crippen LogP contribution in [0.15, 0.2) is 22.7 Å². The van der Waals surface area contributed by atoms with Crippen molar-refractivity contribution in [3.63, 3.8) is 0 Å². The molecule has 2 rings (SSSR count). The van der Waals surface area contributed by atoms with Gasteiger partial charge in [-0.1, -0.05) is 18.5 Å². The monoisotopic (exact) mass is 394 g/mol. The third-order valence-corrected chi connectivity index (χ3v) is 4.67. The number of likely N-dealkylation sites (tertiary alicyclic amines) is 1. The number of carbonyl (C=O) groups excluding carboxylic acids is 1. The standard InChI is InChI=1S/C15H20BrClN2O.ClH/c1-2-18-10-11-5-7-19(8-6-11)15(20)13-9-12(17)3-4-14(13)16;/h3-4,9,11,18H,2,5-8,10H2,1H3;1H. The summed E-state index contributed by atoms with van der Waals surface area (Å²) in [5.41, 5.74) is 0.655. The molecular weight excluding hydrogens is 375 g/mol. The highest BCUT2D eigenvalue weighted by molar-refractivity contribution is 9.10. The molecule has 1 amide bonds. The van der Waals surface area contributed by atoms with E-state index in [1.165, 1.54) is 0 Å². The van der Waals surface area contributed by atoms with Crippen molar-refractivity contribution in [2.45, 2.75) is 19.8 Å². The molecular formula is C15H21BrCl2N2O. The zero-order chi connectivity index (χ0) is 14.5. The Hall–Kier alpha value is -0.290. The third-order valence-electron chi connectivity index (χ3n) is 3.74. The summed E-state index contributed by atoms with van der Waals surface area (Å²) in [6.07, 6.45) is 2.13. The lowest BCUT2D eigenvalue weighted by Crippen LogP contribution is -2.40. The van der Waals surface area contributed by atoms with Crippen molar-refractivity contribution in [1.29, 1.82) is 0 Å². The summed E-state index contributed by atoms with van der Waals surface area (Å²) in [4.78, 5) is 14.4. The lowest BCUT2D eigenvalue weighted by Gasteiger charge is -2.32. The number of halogens is 3. The number of amides is 1. The van der Waals surface area contributed by atoms with Crippen LogP contribution in [0.2, 0.25) is 5.02 Å². The molecule has 1 N–H and O–H groups in total. The van der Waals surface area contributed by atoms with Crippen molar-refractivity contribution in [3.05, 3.63) is 33.3 Å². The van der Waals surface area contributed by atoms with Gasteiger partial charge in [0.1, 0.15) is 0 Å². The molecule has 1 aliphatic heterocycles. The number of nitrogens with one attached hydrogen (secondary N) is 1. The molecule has 0 saturated carbocycles. The van der Waals surface area contributed by atoms with Gasteiger partial charge in [-0.05, 0) is 66.0 Å². The van der Waals surface area contributed by atoms with Crippen molar-refractivity contribution in [2.24, 2.45) is 5.92 Å². The van der Waals surface area contributed by atoms with E-state index >= 15 is 0 Å².